The number of carbonyl (C=O) groups excluding carboxylic acids is 2. The number of benzene rings is 2. The largest absolute Gasteiger partial charge is 0.443 e. The number of aromatic nitrogens is 1. The number of hydrogen-bond acceptors (Lipinski definition) is 4. The number of ketones is 1. The summed E-state index contributed by atoms with van der Waals surface area (Å²) in [4.78, 5) is 27.5. The van der Waals surface area contributed by atoms with Crippen molar-refractivity contribution in [3.8, 4) is 0 Å². The Hall–Kier alpha value is -2.95. The van der Waals surface area contributed by atoms with E-state index in [1.165, 1.54) is 13.3 Å². The van der Waals surface area contributed by atoms with Crippen molar-refractivity contribution in [1.82, 2.24) is 4.98 Å². The molecule has 1 aromatic heterocycles. The van der Waals surface area contributed by atoms with Gasteiger partial charge in [0.05, 0.1) is 6.42 Å². The van der Waals surface area contributed by atoms with Gasteiger partial charge in [0.25, 0.3) is 0 Å². The van der Waals surface area contributed by atoms with E-state index in [-0.39, 0.29) is 18.1 Å². The number of amides is 1. The van der Waals surface area contributed by atoms with E-state index >= 15 is 0 Å². The Bertz CT molecular complexity index is 852. The average molecular weight is 294 g/mol. The lowest BCUT2D eigenvalue weighted by Gasteiger charge is -2.06. The van der Waals surface area contributed by atoms with Crippen LogP contribution in [0.1, 0.15) is 22.8 Å². The Morgan fingerprint density at radius 2 is 2.05 bits per heavy atom. The number of oxazole rings is 1. The fourth-order valence-electron chi connectivity index (χ4n) is 2.22. The molecule has 0 aliphatic rings. The molecule has 0 saturated carbocycles. The third kappa shape index (κ3) is 3.03. The lowest BCUT2D eigenvalue weighted by molar-refractivity contribution is -0.115. The SMILES string of the molecule is CC(=O)c1cccc(NC(=O)Cc2ccc3ncoc3c2)c1. The predicted octanol–water partition coefficient (Wildman–Crippen LogP) is 3.21. The summed E-state index contributed by atoms with van der Waals surface area (Å²) in [5.74, 6) is -0.188. The molecule has 0 fully saturated rings. The average Bonchev–Trinajstić information content (AvgIpc) is 2.95. The summed E-state index contributed by atoms with van der Waals surface area (Å²) < 4.78 is 5.22. The summed E-state index contributed by atoms with van der Waals surface area (Å²) in [5.41, 5.74) is 3.44. The summed E-state index contributed by atoms with van der Waals surface area (Å²) >= 11 is 0. The first-order valence-corrected chi connectivity index (χ1v) is 6.85. The highest BCUT2D eigenvalue weighted by molar-refractivity contribution is 5.97. The van der Waals surface area contributed by atoms with Crippen molar-refractivity contribution in [2.75, 3.05) is 5.32 Å². The van der Waals surface area contributed by atoms with Gasteiger partial charge < -0.3 is 9.73 Å². The summed E-state index contributed by atoms with van der Waals surface area (Å²) in [6.07, 6.45) is 1.60. The minimum atomic E-state index is -0.153. The van der Waals surface area contributed by atoms with Crippen LogP contribution in [-0.4, -0.2) is 16.7 Å². The zero-order chi connectivity index (χ0) is 15.5. The molecule has 0 aliphatic heterocycles. The molecule has 3 rings (SSSR count). The van der Waals surface area contributed by atoms with E-state index in [1.54, 1.807) is 30.3 Å². The normalized spacial score (nSPS) is 10.6. The lowest BCUT2D eigenvalue weighted by Crippen LogP contribution is -2.14. The second kappa shape index (κ2) is 5.81. The Balaban J connectivity index is 1.71. The first-order valence-electron chi connectivity index (χ1n) is 6.85. The van der Waals surface area contributed by atoms with Crippen molar-refractivity contribution < 1.29 is 14.0 Å². The number of Topliss-reactive ketones (excluding diaryl/α,β-unsaturated/α-hetero) is 1. The van der Waals surface area contributed by atoms with E-state index in [1.807, 2.05) is 12.1 Å². The van der Waals surface area contributed by atoms with E-state index in [0.29, 0.717) is 16.8 Å². The van der Waals surface area contributed by atoms with Crippen molar-refractivity contribution in [3.63, 3.8) is 0 Å². The molecule has 22 heavy (non-hydrogen) atoms. The smallest absolute Gasteiger partial charge is 0.228 e. The topological polar surface area (TPSA) is 72.2 Å². The van der Waals surface area contributed by atoms with Gasteiger partial charge in [0.15, 0.2) is 17.8 Å². The van der Waals surface area contributed by atoms with Gasteiger partial charge in [-0.1, -0.05) is 18.2 Å². The van der Waals surface area contributed by atoms with Gasteiger partial charge in [-0.15, -0.1) is 0 Å². The van der Waals surface area contributed by atoms with Crippen LogP contribution in [0.2, 0.25) is 0 Å². The van der Waals surface area contributed by atoms with E-state index in [9.17, 15) is 9.59 Å². The molecule has 5 nitrogen and oxygen atoms in total. The van der Waals surface area contributed by atoms with E-state index in [2.05, 4.69) is 10.3 Å². The highest BCUT2D eigenvalue weighted by atomic mass is 16.3. The van der Waals surface area contributed by atoms with Gasteiger partial charge >= 0.3 is 0 Å². The number of carbonyl (C=O) groups is 2. The number of anilines is 1. The van der Waals surface area contributed by atoms with E-state index in [4.69, 9.17) is 4.42 Å². The van der Waals surface area contributed by atoms with Crippen LogP contribution in [0.25, 0.3) is 11.1 Å². The van der Waals surface area contributed by atoms with Crippen LogP contribution in [0.3, 0.4) is 0 Å². The van der Waals surface area contributed by atoms with E-state index in [0.717, 1.165) is 11.1 Å². The molecule has 1 heterocycles. The van der Waals surface area contributed by atoms with Gasteiger partial charge in [0.2, 0.25) is 5.91 Å². The number of fused-ring (bicyclic) bond motifs is 1. The van der Waals surface area contributed by atoms with Crippen molar-refractivity contribution in [2.24, 2.45) is 0 Å². The molecule has 0 radical (unpaired) electrons. The molecular formula is C17H14N2O3. The van der Waals surface area contributed by atoms with Gasteiger partial charge in [-0.05, 0) is 36.8 Å². The molecule has 1 amide bonds. The molecule has 1 N–H and O–H groups in total. The standard InChI is InChI=1S/C17H14N2O3/c1-11(20)13-3-2-4-14(9-13)19-17(21)8-12-5-6-15-16(7-12)22-10-18-15/h2-7,9-10H,8H2,1H3,(H,19,21). The molecule has 2 aromatic carbocycles. The summed E-state index contributed by atoms with van der Waals surface area (Å²) in [6.45, 7) is 1.49. The zero-order valence-electron chi connectivity index (χ0n) is 12.0. The van der Waals surface area contributed by atoms with Crippen LogP contribution in [0.5, 0.6) is 0 Å². The fraction of sp³-hybridized carbons (Fsp3) is 0.118. The Kier molecular flexibility index (Phi) is 3.70. The first-order chi connectivity index (χ1) is 10.6. The zero-order valence-corrected chi connectivity index (χ0v) is 12.0. The summed E-state index contributed by atoms with van der Waals surface area (Å²) in [5, 5.41) is 2.79. The van der Waals surface area contributed by atoms with Gasteiger partial charge in [-0.25, -0.2) is 4.98 Å². The quantitative estimate of drug-likeness (QED) is 0.750. The Labute approximate surface area is 127 Å². The van der Waals surface area contributed by atoms with E-state index < -0.39 is 0 Å². The maximum Gasteiger partial charge on any atom is 0.228 e. The molecule has 0 atom stereocenters. The van der Waals surface area contributed by atoms with Crippen LogP contribution in [0.4, 0.5) is 5.69 Å². The van der Waals surface area contributed by atoms with Crippen molar-refractivity contribution >= 4 is 28.5 Å². The fourth-order valence-corrected chi connectivity index (χ4v) is 2.22. The second-order valence-corrected chi connectivity index (χ2v) is 5.02. The molecule has 0 bridgehead atoms. The molecule has 0 aliphatic carbocycles. The van der Waals surface area contributed by atoms with Crippen LogP contribution in [0.15, 0.2) is 53.3 Å². The second-order valence-electron chi connectivity index (χ2n) is 5.02. The van der Waals surface area contributed by atoms with Crippen LogP contribution in [0, 0.1) is 0 Å². The number of rotatable bonds is 4. The highest BCUT2D eigenvalue weighted by Gasteiger charge is 2.08. The number of nitrogens with one attached hydrogen (secondary N) is 1. The van der Waals surface area contributed by atoms with Gasteiger partial charge in [-0.2, -0.15) is 0 Å². The van der Waals surface area contributed by atoms with Crippen LogP contribution in [-0.2, 0) is 11.2 Å². The monoisotopic (exact) mass is 294 g/mol. The lowest BCUT2D eigenvalue weighted by atomic mass is 10.1. The molecule has 0 spiro atoms. The molecular weight excluding hydrogens is 280 g/mol. The third-order valence-electron chi connectivity index (χ3n) is 3.31. The summed E-state index contributed by atoms with van der Waals surface area (Å²) in [6, 6.07) is 12.3. The van der Waals surface area contributed by atoms with Gasteiger partial charge in [0, 0.05) is 11.3 Å². The molecule has 0 saturated heterocycles. The maximum atomic E-state index is 12.1. The highest BCUT2D eigenvalue weighted by Crippen LogP contribution is 2.16. The van der Waals surface area contributed by atoms with Crippen molar-refractivity contribution in [2.45, 2.75) is 13.3 Å². The Morgan fingerprint density at radius 1 is 1.18 bits per heavy atom. The molecule has 110 valence electrons. The maximum absolute atomic E-state index is 12.1. The van der Waals surface area contributed by atoms with Crippen LogP contribution >= 0.6 is 0 Å². The van der Waals surface area contributed by atoms with Gasteiger partial charge in [0.1, 0.15) is 5.52 Å². The Morgan fingerprint density at radius 3 is 2.86 bits per heavy atom. The summed E-state index contributed by atoms with van der Waals surface area (Å²) in [7, 11) is 0. The minimum absolute atomic E-state index is 0.0353. The number of hydrogen-bond donors (Lipinski definition) is 1. The van der Waals surface area contributed by atoms with Crippen molar-refractivity contribution in [3.05, 3.63) is 60.0 Å². The van der Waals surface area contributed by atoms with Gasteiger partial charge in [-0.3, -0.25) is 9.59 Å². The predicted molar refractivity (Wildman–Crippen MR) is 82.8 cm³/mol. The van der Waals surface area contributed by atoms with Crippen LogP contribution < -0.4 is 5.32 Å². The number of nitrogens with zero attached hydrogens (tertiary/aromatic N) is 1. The molecule has 0 unspecified atom stereocenters. The minimum Gasteiger partial charge on any atom is -0.443 e. The van der Waals surface area contributed by atoms with Crippen molar-refractivity contribution in [1.29, 1.82) is 0 Å². The molecule has 5 heteroatoms. The third-order valence-corrected chi connectivity index (χ3v) is 3.31. The molecule has 3 aromatic rings. The first kappa shape index (κ1) is 14.0.